The zero-order valence-electron chi connectivity index (χ0n) is 10.1. The molecule has 1 unspecified atom stereocenters. The van der Waals surface area contributed by atoms with Gasteiger partial charge in [0.15, 0.2) is 0 Å². The molecule has 0 aliphatic heterocycles. The van der Waals surface area contributed by atoms with Gasteiger partial charge in [0.2, 0.25) is 5.91 Å². The van der Waals surface area contributed by atoms with Crippen LogP contribution in [-0.2, 0) is 4.79 Å². The highest BCUT2D eigenvalue weighted by molar-refractivity contribution is 7.80. The van der Waals surface area contributed by atoms with Crippen molar-refractivity contribution in [2.45, 2.75) is 20.3 Å². The Balaban J connectivity index is 2.97. The van der Waals surface area contributed by atoms with Crippen molar-refractivity contribution in [3.8, 4) is 0 Å². The summed E-state index contributed by atoms with van der Waals surface area (Å²) in [4.78, 5) is 12.0. The molecule has 1 aromatic carbocycles. The van der Waals surface area contributed by atoms with Crippen molar-refractivity contribution in [3.63, 3.8) is 0 Å². The molecule has 3 nitrogen and oxygen atoms in total. The SMILES string of the molecule is CCC(C)(C(=O)Nc1cc(F)cc(F)c1)C(N)=S. The first-order chi connectivity index (χ1) is 8.29. The summed E-state index contributed by atoms with van der Waals surface area (Å²) in [6.07, 6.45) is 0.395. The van der Waals surface area contributed by atoms with Gasteiger partial charge in [-0.25, -0.2) is 8.78 Å². The summed E-state index contributed by atoms with van der Waals surface area (Å²) in [5, 5.41) is 2.41. The van der Waals surface area contributed by atoms with Crippen LogP contribution < -0.4 is 11.1 Å². The van der Waals surface area contributed by atoms with E-state index in [1.165, 1.54) is 0 Å². The van der Waals surface area contributed by atoms with Crippen LogP contribution in [0.1, 0.15) is 20.3 Å². The Morgan fingerprint density at radius 1 is 1.39 bits per heavy atom. The maximum Gasteiger partial charge on any atom is 0.237 e. The molecule has 6 heteroatoms. The number of carbonyl (C=O) groups is 1. The third-order valence-corrected chi connectivity index (χ3v) is 3.32. The molecule has 0 radical (unpaired) electrons. The van der Waals surface area contributed by atoms with E-state index in [2.05, 4.69) is 5.32 Å². The maximum absolute atomic E-state index is 13.0. The topological polar surface area (TPSA) is 55.1 Å². The number of nitrogens with one attached hydrogen (secondary N) is 1. The van der Waals surface area contributed by atoms with E-state index in [0.717, 1.165) is 18.2 Å². The molecule has 0 bridgehead atoms. The molecule has 1 atom stereocenters. The second-order valence-corrected chi connectivity index (χ2v) is 4.60. The lowest BCUT2D eigenvalue weighted by atomic mass is 9.86. The monoisotopic (exact) mass is 272 g/mol. The number of benzene rings is 1. The van der Waals surface area contributed by atoms with Crippen LogP contribution in [0.25, 0.3) is 0 Å². The highest BCUT2D eigenvalue weighted by Gasteiger charge is 2.34. The van der Waals surface area contributed by atoms with E-state index in [0.29, 0.717) is 6.42 Å². The summed E-state index contributed by atoms with van der Waals surface area (Å²) in [5.41, 5.74) is 4.51. The predicted molar refractivity (Wildman–Crippen MR) is 70.2 cm³/mol. The van der Waals surface area contributed by atoms with Gasteiger partial charge in [0.25, 0.3) is 0 Å². The van der Waals surface area contributed by atoms with E-state index in [-0.39, 0.29) is 10.7 Å². The maximum atomic E-state index is 13.0. The van der Waals surface area contributed by atoms with E-state index in [1.807, 2.05) is 0 Å². The molecular formula is C12H14F2N2OS. The number of amides is 1. The molecule has 0 heterocycles. The number of halogens is 2. The third kappa shape index (κ3) is 3.01. The van der Waals surface area contributed by atoms with Crippen LogP contribution in [0.2, 0.25) is 0 Å². The molecular weight excluding hydrogens is 258 g/mol. The molecule has 0 fully saturated rings. The highest BCUT2D eigenvalue weighted by atomic mass is 32.1. The molecule has 0 aliphatic rings. The van der Waals surface area contributed by atoms with Gasteiger partial charge in [0, 0.05) is 11.8 Å². The number of hydrogen-bond acceptors (Lipinski definition) is 2. The summed E-state index contributed by atoms with van der Waals surface area (Å²) in [7, 11) is 0. The van der Waals surface area contributed by atoms with E-state index in [9.17, 15) is 13.6 Å². The fourth-order valence-corrected chi connectivity index (χ4v) is 1.58. The number of anilines is 1. The number of nitrogens with two attached hydrogens (primary N) is 1. The molecule has 0 saturated heterocycles. The smallest absolute Gasteiger partial charge is 0.237 e. The normalized spacial score (nSPS) is 13.8. The molecule has 0 aliphatic carbocycles. The zero-order chi connectivity index (χ0) is 13.9. The standard InChI is InChI=1S/C12H14F2N2OS/c1-3-12(2,10(15)18)11(17)16-9-5-7(13)4-8(14)6-9/h4-6H,3H2,1-2H3,(H2,15,18)(H,16,17). The molecule has 1 aromatic rings. The Morgan fingerprint density at radius 2 is 1.89 bits per heavy atom. The van der Waals surface area contributed by atoms with E-state index < -0.39 is 23.0 Å². The zero-order valence-corrected chi connectivity index (χ0v) is 10.9. The van der Waals surface area contributed by atoms with Gasteiger partial charge in [0.05, 0.1) is 10.4 Å². The molecule has 98 valence electrons. The Bertz CT molecular complexity index is 473. The van der Waals surface area contributed by atoms with Crippen molar-refractivity contribution in [2.24, 2.45) is 11.1 Å². The lowest BCUT2D eigenvalue weighted by Gasteiger charge is -2.25. The Labute approximate surface area is 109 Å². The van der Waals surface area contributed by atoms with Gasteiger partial charge in [0.1, 0.15) is 11.6 Å². The van der Waals surface area contributed by atoms with E-state index in [1.54, 1.807) is 13.8 Å². The quantitative estimate of drug-likeness (QED) is 0.828. The van der Waals surface area contributed by atoms with Crippen LogP contribution in [0.5, 0.6) is 0 Å². The number of rotatable bonds is 4. The van der Waals surface area contributed by atoms with Gasteiger partial charge in [-0.3, -0.25) is 4.79 Å². The van der Waals surface area contributed by atoms with Crippen molar-refractivity contribution in [1.29, 1.82) is 0 Å². The molecule has 0 spiro atoms. The first-order valence-corrected chi connectivity index (χ1v) is 5.78. The van der Waals surface area contributed by atoms with Gasteiger partial charge in [-0.05, 0) is 25.5 Å². The van der Waals surface area contributed by atoms with Crippen LogP contribution >= 0.6 is 12.2 Å². The summed E-state index contributed by atoms with van der Waals surface area (Å²) >= 11 is 4.84. The largest absolute Gasteiger partial charge is 0.392 e. The molecule has 1 amide bonds. The first kappa shape index (κ1) is 14.5. The van der Waals surface area contributed by atoms with Gasteiger partial charge in [-0.15, -0.1) is 0 Å². The van der Waals surface area contributed by atoms with E-state index in [4.69, 9.17) is 18.0 Å². The van der Waals surface area contributed by atoms with Crippen molar-refractivity contribution >= 4 is 28.8 Å². The molecule has 0 saturated carbocycles. The lowest BCUT2D eigenvalue weighted by molar-refractivity contribution is -0.121. The van der Waals surface area contributed by atoms with Crippen LogP contribution in [-0.4, -0.2) is 10.9 Å². The van der Waals surface area contributed by atoms with Crippen molar-refractivity contribution in [3.05, 3.63) is 29.8 Å². The van der Waals surface area contributed by atoms with Crippen LogP contribution in [0.3, 0.4) is 0 Å². The lowest BCUT2D eigenvalue weighted by Crippen LogP contribution is -2.43. The second kappa shape index (κ2) is 5.39. The average Bonchev–Trinajstić information content (AvgIpc) is 2.25. The van der Waals surface area contributed by atoms with Gasteiger partial charge >= 0.3 is 0 Å². The molecule has 18 heavy (non-hydrogen) atoms. The van der Waals surface area contributed by atoms with Crippen molar-refractivity contribution in [1.82, 2.24) is 0 Å². The average molecular weight is 272 g/mol. The Hall–Kier alpha value is -1.56. The summed E-state index contributed by atoms with van der Waals surface area (Å²) < 4.78 is 25.9. The Kier molecular flexibility index (Phi) is 4.34. The van der Waals surface area contributed by atoms with Crippen LogP contribution in [0.4, 0.5) is 14.5 Å². The van der Waals surface area contributed by atoms with Gasteiger partial charge in [-0.2, -0.15) is 0 Å². The second-order valence-electron chi connectivity index (χ2n) is 4.16. The number of hydrogen-bond donors (Lipinski definition) is 2. The third-order valence-electron chi connectivity index (χ3n) is 2.87. The first-order valence-electron chi connectivity index (χ1n) is 5.37. The van der Waals surface area contributed by atoms with Gasteiger partial charge in [-0.1, -0.05) is 19.1 Å². The number of carbonyl (C=O) groups excluding carboxylic acids is 1. The summed E-state index contributed by atoms with van der Waals surface area (Å²) in [5.74, 6) is -2.01. The fourth-order valence-electron chi connectivity index (χ4n) is 1.34. The van der Waals surface area contributed by atoms with Crippen LogP contribution in [0.15, 0.2) is 18.2 Å². The highest BCUT2D eigenvalue weighted by Crippen LogP contribution is 2.24. The fraction of sp³-hybridized carbons (Fsp3) is 0.333. The minimum absolute atomic E-state index is 0.0356. The van der Waals surface area contributed by atoms with Crippen LogP contribution in [0, 0.1) is 17.0 Å². The minimum atomic E-state index is -1.04. The molecule has 0 aromatic heterocycles. The van der Waals surface area contributed by atoms with E-state index >= 15 is 0 Å². The number of thiocarbonyl (C=S) groups is 1. The van der Waals surface area contributed by atoms with Crippen molar-refractivity contribution in [2.75, 3.05) is 5.32 Å². The minimum Gasteiger partial charge on any atom is -0.392 e. The molecule has 1 rings (SSSR count). The van der Waals surface area contributed by atoms with Gasteiger partial charge < -0.3 is 11.1 Å². The summed E-state index contributed by atoms with van der Waals surface area (Å²) in [6, 6.07) is 2.77. The summed E-state index contributed by atoms with van der Waals surface area (Å²) in [6.45, 7) is 3.34. The predicted octanol–water partition coefficient (Wildman–Crippen LogP) is 2.61. The molecule has 3 N–H and O–H groups in total. The van der Waals surface area contributed by atoms with Crippen molar-refractivity contribution < 1.29 is 13.6 Å². The Morgan fingerprint density at radius 3 is 2.28 bits per heavy atom.